The number of carbonyl (C=O) groups excluding carboxylic acids is 1. The third kappa shape index (κ3) is 3.01. The quantitative estimate of drug-likeness (QED) is 0.830. The molecular formula is C20H21ClN2O. The van der Waals surface area contributed by atoms with Gasteiger partial charge in [-0.1, -0.05) is 23.7 Å². The summed E-state index contributed by atoms with van der Waals surface area (Å²) < 4.78 is 0. The maximum absolute atomic E-state index is 12.8. The van der Waals surface area contributed by atoms with Gasteiger partial charge < -0.3 is 9.80 Å². The number of amides is 1. The molecule has 1 aliphatic carbocycles. The van der Waals surface area contributed by atoms with Gasteiger partial charge in [0.1, 0.15) is 0 Å². The fraction of sp³-hybridized carbons (Fsp3) is 0.350. The van der Waals surface area contributed by atoms with E-state index >= 15 is 0 Å². The van der Waals surface area contributed by atoms with Crippen LogP contribution in [0.25, 0.3) is 0 Å². The lowest BCUT2D eigenvalue weighted by molar-refractivity contribution is 0.0746. The van der Waals surface area contributed by atoms with Crippen LogP contribution in [0.2, 0.25) is 5.02 Å². The first-order chi connectivity index (χ1) is 11.7. The van der Waals surface area contributed by atoms with Gasteiger partial charge in [0.05, 0.1) is 0 Å². The van der Waals surface area contributed by atoms with Crippen molar-refractivity contribution in [3.05, 3.63) is 64.2 Å². The predicted molar refractivity (Wildman–Crippen MR) is 98.0 cm³/mol. The molecule has 0 radical (unpaired) electrons. The first-order valence-corrected chi connectivity index (χ1v) is 9.00. The molecule has 2 aromatic carbocycles. The fourth-order valence-corrected chi connectivity index (χ4v) is 3.91. The standard InChI is InChI=1S/C20H21ClN2O/c21-18-5-2-6-19(14-18)22-9-11-23(12-10-22)20(24)17-8-7-15-3-1-4-16(15)13-17/h2,5-8,13-14H,1,3-4,9-12H2. The van der Waals surface area contributed by atoms with Crippen LogP contribution in [0.15, 0.2) is 42.5 Å². The molecule has 2 aromatic rings. The summed E-state index contributed by atoms with van der Waals surface area (Å²) in [4.78, 5) is 17.0. The Bertz CT molecular complexity index is 766. The first-order valence-electron chi connectivity index (χ1n) is 8.62. The van der Waals surface area contributed by atoms with Crippen LogP contribution in [0.4, 0.5) is 5.69 Å². The van der Waals surface area contributed by atoms with Crippen molar-refractivity contribution in [2.75, 3.05) is 31.1 Å². The number of fused-ring (bicyclic) bond motifs is 1. The Morgan fingerprint density at radius 2 is 1.71 bits per heavy atom. The Morgan fingerprint density at radius 1 is 0.917 bits per heavy atom. The monoisotopic (exact) mass is 340 g/mol. The zero-order valence-electron chi connectivity index (χ0n) is 13.7. The van der Waals surface area contributed by atoms with E-state index in [0.29, 0.717) is 0 Å². The molecule has 24 heavy (non-hydrogen) atoms. The van der Waals surface area contributed by atoms with Crippen LogP contribution >= 0.6 is 11.6 Å². The number of anilines is 1. The Hall–Kier alpha value is -2.00. The number of aryl methyl sites for hydroxylation is 2. The number of nitrogens with zero attached hydrogens (tertiary/aromatic N) is 2. The molecule has 1 fully saturated rings. The summed E-state index contributed by atoms with van der Waals surface area (Å²) in [5.41, 5.74) is 4.75. The molecule has 0 saturated carbocycles. The van der Waals surface area contributed by atoms with Crippen molar-refractivity contribution in [1.82, 2.24) is 4.90 Å². The molecule has 124 valence electrons. The van der Waals surface area contributed by atoms with Crippen molar-refractivity contribution in [2.24, 2.45) is 0 Å². The largest absolute Gasteiger partial charge is 0.368 e. The molecule has 0 unspecified atom stereocenters. The van der Waals surface area contributed by atoms with E-state index in [1.54, 1.807) is 0 Å². The molecule has 0 N–H and O–H groups in total. The van der Waals surface area contributed by atoms with E-state index in [4.69, 9.17) is 11.6 Å². The molecule has 0 atom stereocenters. The van der Waals surface area contributed by atoms with Gasteiger partial charge in [0, 0.05) is 42.5 Å². The zero-order valence-corrected chi connectivity index (χ0v) is 14.4. The van der Waals surface area contributed by atoms with Gasteiger partial charge in [-0.2, -0.15) is 0 Å². The highest BCUT2D eigenvalue weighted by molar-refractivity contribution is 6.30. The van der Waals surface area contributed by atoms with Crippen molar-refractivity contribution >= 4 is 23.2 Å². The molecule has 1 aliphatic heterocycles. The zero-order chi connectivity index (χ0) is 16.5. The van der Waals surface area contributed by atoms with Gasteiger partial charge in [0.25, 0.3) is 5.91 Å². The molecule has 1 saturated heterocycles. The highest BCUT2D eigenvalue weighted by atomic mass is 35.5. The average molecular weight is 341 g/mol. The summed E-state index contributed by atoms with van der Waals surface area (Å²) in [5, 5.41) is 0.754. The van der Waals surface area contributed by atoms with Crippen molar-refractivity contribution in [1.29, 1.82) is 0 Å². The molecule has 4 rings (SSSR count). The summed E-state index contributed by atoms with van der Waals surface area (Å²) in [6.07, 6.45) is 3.48. The van der Waals surface area contributed by atoms with Gasteiger partial charge in [-0.25, -0.2) is 0 Å². The highest BCUT2D eigenvalue weighted by Gasteiger charge is 2.23. The van der Waals surface area contributed by atoms with Gasteiger partial charge in [-0.05, 0) is 60.7 Å². The Kier molecular flexibility index (Phi) is 4.19. The topological polar surface area (TPSA) is 23.6 Å². The van der Waals surface area contributed by atoms with Gasteiger partial charge in [0.2, 0.25) is 0 Å². The van der Waals surface area contributed by atoms with E-state index in [1.807, 2.05) is 29.2 Å². The summed E-state index contributed by atoms with van der Waals surface area (Å²) in [6, 6.07) is 14.2. The minimum Gasteiger partial charge on any atom is -0.368 e. The molecule has 3 nitrogen and oxygen atoms in total. The molecule has 1 amide bonds. The minimum atomic E-state index is 0.162. The van der Waals surface area contributed by atoms with E-state index in [0.717, 1.165) is 55.3 Å². The van der Waals surface area contributed by atoms with Crippen LogP contribution in [0.3, 0.4) is 0 Å². The van der Waals surface area contributed by atoms with Crippen LogP contribution < -0.4 is 4.90 Å². The number of piperazine rings is 1. The van der Waals surface area contributed by atoms with Gasteiger partial charge in [-0.3, -0.25) is 4.79 Å². The molecule has 0 bridgehead atoms. The second kappa shape index (κ2) is 6.48. The van der Waals surface area contributed by atoms with Crippen molar-refractivity contribution in [3.63, 3.8) is 0 Å². The van der Waals surface area contributed by atoms with E-state index in [2.05, 4.69) is 23.1 Å². The maximum atomic E-state index is 12.8. The number of rotatable bonds is 2. The van der Waals surface area contributed by atoms with Gasteiger partial charge in [0.15, 0.2) is 0 Å². The molecule has 0 spiro atoms. The number of hydrogen-bond donors (Lipinski definition) is 0. The van der Waals surface area contributed by atoms with E-state index in [-0.39, 0.29) is 5.91 Å². The molecular weight excluding hydrogens is 320 g/mol. The van der Waals surface area contributed by atoms with Gasteiger partial charge in [-0.15, -0.1) is 0 Å². The van der Waals surface area contributed by atoms with Crippen LogP contribution in [0, 0.1) is 0 Å². The second-order valence-corrected chi connectivity index (χ2v) is 7.03. The normalized spacial score (nSPS) is 17.0. The molecule has 1 heterocycles. The van der Waals surface area contributed by atoms with Crippen LogP contribution in [-0.2, 0) is 12.8 Å². The average Bonchev–Trinajstić information content (AvgIpc) is 3.09. The Balaban J connectivity index is 1.43. The van der Waals surface area contributed by atoms with Crippen molar-refractivity contribution < 1.29 is 4.79 Å². The summed E-state index contributed by atoms with van der Waals surface area (Å²) >= 11 is 6.08. The van der Waals surface area contributed by atoms with Crippen LogP contribution in [-0.4, -0.2) is 37.0 Å². The summed E-state index contributed by atoms with van der Waals surface area (Å²) in [6.45, 7) is 3.19. The number of benzene rings is 2. The van der Waals surface area contributed by atoms with Crippen LogP contribution in [0.1, 0.15) is 27.9 Å². The highest BCUT2D eigenvalue weighted by Crippen LogP contribution is 2.24. The maximum Gasteiger partial charge on any atom is 0.253 e. The molecule has 0 aromatic heterocycles. The fourth-order valence-electron chi connectivity index (χ4n) is 3.73. The molecule has 2 aliphatic rings. The Labute approximate surface area is 147 Å². The Morgan fingerprint density at radius 3 is 2.50 bits per heavy atom. The molecule has 4 heteroatoms. The second-order valence-electron chi connectivity index (χ2n) is 6.60. The number of carbonyl (C=O) groups is 1. The van der Waals surface area contributed by atoms with E-state index < -0.39 is 0 Å². The third-order valence-electron chi connectivity index (χ3n) is 5.09. The lowest BCUT2D eigenvalue weighted by Gasteiger charge is -2.36. The number of halogens is 1. The lowest BCUT2D eigenvalue weighted by atomic mass is 10.1. The summed E-state index contributed by atoms with van der Waals surface area (Å²) in [5.74, 6) is 0.162. The SMILES string of the molecule is O=C(c1ccc2c(c1)CCC2)N1CCN(c2cccc(Cl)c2)CC1. The predicted octanol–water partition coefficient (Wildman–Crippen LogP) is 3.79. The van der Waals surface area contributed by atoms with Crippen LogP contribution in [0.5, 0.6) is 0 Å². The van der Waals surface area contributed by atoms with Gasteiger partial charge >= 0.3 is 0 Å². The van der Waals surface area contributed by atoms with E-state index in [9.17, 15) is 4.79 Å². The van der Waals surface area contributed by atoms with E-state index in [1.165, 1.54) is 17.5 Å². The first kappa shape index (κ1) is 15.5. The lowest BCUT2D eigenvalue weighted by Crippen LogP contribution is -2.48. The number of hydrogen-bond acceptors (Lipinski definition) is 2. The third-order valence-corrected chi connectivity index (χ3v) is 5.32. The summed E-state index contributed by atoms with van der Waals surface area (Å²) in [7, 11) is 0. The minimum absolute atomic E-state index is 0.162. The van der Waals surface area contributed by atoms with Crippen molar-refractivity contribution in [3.8, 4) is 0 Å². The smallest absolute Gasteiger partial charge is 0.253 e. The van der Waals surface area contributed by atoms with Crippen molar-refractivity contribution in [2.45, 2.75) is 19.3 Å².